The topological polar surface area (TPSA) is 81.9 Å². The molecule has 2 aromatic heterocycles. The summed E-state index contributed by atoms with van der Waals surface area (Å²) in [4.78, 5) is 20.0. The molecule has 0 atom stereocenters. The molecule has 2 heterocycles. The van der Waals surface area contributed by atoms with E-state index in [2.05, 4.69) is 20.4 Å². The maximum Gasteiger partial charge on any atom is 0.435 e. The Bertz CT molecular complexity index is 1080. The molecule has 0 fully saturated rings. The molecule has 0 spiro atoms. The van der Waals surface area contributed by atoms with Crippen molar-refractivity contribution in [2.75, 3.05) is 12.4 Å². The van der Waals surface area contributed by atoms with Crippen molar-refractivity contribution in [3.63, 3.8) is 0 Å². The van der Waals surface area contributed by atoms with Crippen molar-refractivity contribution in [1.29, 1.82) is 0 Å². The standard InChI is InChI=1S/C19H17ClF3N5O2/c1-10-8-14(19(21,22)23)27-28(10)13-6-4-12(5-7-13)9-24-16-15(17(29)30-3)11(2)25-18(20)26-16/h4-8H,9H2,1-3H3,(H,24,25,26). The number of nitrogens with zero attached hydrogens (tertiary/aromatic N) is 4. The van der Waals surface area contributed by atoms with Crippen LogP contribution in [-0.2, 0) is 17.5 Å². The lowest BCUT2D eigenvalue weighted by molar-refractivity contribution is -0.141. The summed E-state index contributed by atoms with van der Waals surface area (Å²) in [6.45, 7) is 3.44. The zero-order chi connectivity index (χ0) is 22.1. The quantitative estimate of drug-likeness (QED) is 0.470. The first-order valence-corrected chi connectivity index (χ1v) is 9.07. The minimum absolute atomic E-state index is 0.0207. The van der Waals surface area contributed by atoms with Crippen molar-refractivity contribution in [2.45, 2.75) is 26.6 Å². The van der Waals surface area contributed by atoms with E-state index in [-0.39, 0.29) is 23.2 Å². The van der Waals surface area contributed by atoms with Gasteiger partial charge in [-0.1, -0.05) is 12.1 Å². The molecule has 0 unspecified atom stereocenters. The Balaban J connectivity index is 1.80. The SMILES string of the molecule is COC(=O)c1c(C)nc(Cl)nc1NCc1ccc(-n2nc(C(F)(F)F)cc2C)cc1. The summed E-state index contributed by atoms with van der Waals surface area (Å²) in [5, 5.41) is 6.62. The highest BCUT2D eigenvalue weighted by molar-refractivity contribution is 6.28. The second-order valence-corrected chi connectivity index (χ2v) is 6.73. The molecule has 0 bridgehead atoms. The first kappa shape index (κ1) is 21.6. The third kappa shape index (κ3) is 4.54. The maximum absolute atomic E-state index is 12.9. The molecule has 0 radical (unpaired) electrons. The number of ether oxygens (including phenoxy) is 1. The fourth-order valence-corrected chi connectivity index (χ4v) is 3.04. The van der Waals surface area contributed by atoms with E-state index in [0.717, 1.165) is 11.6 Å². The van der Waals surface area contributed by atoms with Gasteiger partial charge < -0.3 is 10.1 Å². The van der Waals surface area contributed by atoms with Crippen LogP contribution in [0.5, 0.6) is 0 Å². The predicted molar refractivity (Wildman–Crippen MR) is 104 cm³/mol. The van der Waals surface area contributed by atoms with Gasteiger partial charge in [-0.15, -0.1) is 0 Å². The number of hydrogen-bond acceptors (Lipinski definition) is 6. The summed E-state index contributed by atoms with van der Waals surface area (Å²) in [5.74, 6) is -0.377. The van der Waals surface area contributed by atoms with E-state index in [1.807, 2.05) is 0 Å². The number of esters is 1. The van der Waals surface area contributed by atoms with E-state index in [9.17, 15) is 18.0 Å². The Kier molecular flexibility index (Phi) is 5.97. The Labute approximate surface area is 174 Å². The van der Waals surface area contributed by atoms with E-state index in [1.165, 1.54) is 11.8 Å². The first-order chi connectivity index (χ1) is 14.1. The van der Waals surface area contributed by atoms with Gasteiger partial charge in [-0.25, -0.2) is 14.5 Å². The third-order valence-corrected chi connectivity index (χ3v) is 4.44. The van der Waals surface area contributed by atoms with Crippen LogP contribution in [0.2, 0.25) is 5.28 Å². The Morgan fingerprint density at radius 2 is 1.87 bits per heavy atom. The predicted octanol–water partition coefficient (Wildman–Crippen LogP) is 4.35. The van der Waals surface area contributed by atoms with Crippen molar-refractivity contribution < 1.29 is 22.7 Å². The molecule has 0 aliphatic carbocycles. The molecule has 0 aliphatic rings. The molecule has 0 saturated carbocycles. The molecule has 0 aliphatic heterocycles. The Morgan fingerprint density at radius 3 is 2.43 bits per heavy atom. The lowest BCUT2D eigenvalue weighted by atomic mass is 10.2. The number of halogens is 4. The van der Waals surface area contributed by atoms with Crippen LogP contribution in [0.1, 0.15) is 33.0 Å². The monoisotopic (exact) mass is 439 g/mol. The number of alkyl halides is 3. The number of methoxy groups -OCH3 is 1. The highest BCUT2D eigenvalue weighted by Crippen LogP contribution is 2.29. The number of carbonyl (C=O) groups excluding carboxylic acids is 1. The molecule has 0 amide bonds. The van der Waals surface area contributed by atoms with E-state index in [4.69, 9.17) is 16.3 Å². The number of benzene rings is 1. The molecule has 3 aromatic rings. The van der Waals surface area contributed by atoms with Crippen molar-refractivity contribution in [2.24, 2.45) is 0 Å². The minimum atomic E-state index is -4.51. The number of carbonyl (C=O) groups is 1. The normalized spacial score (nSPS) is 11.4. The van der Waals surface area contributed by atoms with E-state index in [1.54, 1.807) is 38.1 Å². The molecule has 1 N–H and O–H groups in total. The highest BCUT2D eigenvalue weighted by Gasteiger charge is 2.34. The van der Waals surface area contributed by atoms with Gasteiger partial charge in [-0.2, -0.15) is 23.3 Å². The Hall–Kier alpha value is -3.14. The largest absolute Gasteiger partial charge is 0.465 e. The molecule has 158 valence electrons. The lowest BCUT2D eigenvalue weighted by Gasteiger charge is -2.12. The van der Waals surface area contributed by atoms with Crippen LogP contribution in [-0.4, -0.2) is 32.8 Å². The average Bonchev–Trinajstić information content (AvgIpc) is 3.08. The highest BCUT2D eigenvalue weighted by atomic mass is 35.5. The molecule has 1 aromatic carbocycles. The molecule has 7 nitrogen and oxygen atoms in total. The molecule has 30 heavy (non-hydrogen) atoms. The third-order valence-electron chi connectivity index (χ3n) is 4.27. The minimum Gasteiger partial charge on any atom is -0.465 e. The summed E-state index contributed by atoms with van der Waals surface area (Å²) in [7, 11) is 1.25. The molecule has 0 saturated heterocycles. The summed E-state index contributed by atoms with van der Waals surface area (Å²) in [6.07, 6.45) is -4.51. The van der Waals surface area contributed by atoms with Gasteiger partial charge in [0, 0.05) is 12.2 Å². The van der Waals surface area contributed by atoms with Crippen LogP contribution in [0.15, 0.2) is 30.3 Å². The first-order valence-electron chi connectivity index (χ1n) is 8.69. The molecule has 11 heteroatoms. The number of hydrogen-bond donors (Lipinski definition) is 1. The van der Waals surface area contributed by atoms with Crippen molar-refractivity contribution in [3.8, 4) is 5.69 Å². The van der Waals surface area contributed by atoms with E-state index in [0.29, 0.717) is 17.1 Å². The van der Waals surface area contributed by atoms with Crippen molar-refractivity contribution >= 4 is 23.4 Å². The van der Waals surface area contributed by atoms with Crippen LogP contribution in [0.25, 0.3) is 5.69 Å². The fourth-order valence-electron chi connectivity index (χ4n) is 2.83. The van der Waals surface area contributed by atoms with Gasteiger partial charge in [0.1, 0.15) is 11.4 Å². The van der Waals surface area contributed by atoms with Gasteiger partial charge in [-0.3, -0.25) is 0 Å². The van der Waals surface area contributed by atoms with Crippen LogP contribution >= 0.6 is 11.6 Å². The number of aryl methyl sites for hydroxylation is 2. The Morgan fingerprint density at radius 1 is 1.20 bits per heavy atom. The van der Waals surface area contributed by atoms with E-state index >= 15 is 0 Å². The smallest absolute Gasteiger partial charge is 0.435 e. The van der Waals surface area contributed by atoms with Gasteiger partial charge in [0.05, 0.1) is 18.5 Å². The summed E-state index contributed by atoms with van der Waals surface area (Å²) < 4.78 is 44.6. The van der Waals surface area contributed by atoms with E-state index < -0.39 is 17.8 Å². The molecule has 3 rings (SSSR count). The van der Waals surface area contributed by atoms with Crippen molar-refractivity contribution in [3.05, 3.63) is 63.8 Å². The molecular weight excluding hydrogens is 423 g/mol. The van der Waals surface area contributed by atoms with Gasteiger partial charge in [0.25, 0.3) is 0 Å². The fraction of sp³-hybridized carbons (Fsp3) is 0.263. The van der Waals surface area contributed by atoms with Gasteiger partial charge in [-0.05, 0) is 49.2 Å². The summed E-state index contributed by atoms with van der Waals surface area (Å²) in [5.41, 5.74) is 1.24. The van der Waals surface area contributed by atoms with Crippen LogP contribution in [0.4, 0.5) is 19.0 Å². The maximum atomic E-state index is 12.9. The van der Waals surface area contributed by atoms with Crippen LogP contribution in [0.3, 0.4) is 0 Å². The second-order valence-electron chi connectivity index (χ2n) is 6.39. The summed E-state index contributed by atoms with van der Waals surface area (Å²) >= 11 is 5.89. The van der Waals surface area contributed by atoms with Gasteiger partial charge in [0.2, 0.25) is 5.28 Å². The van der Waals surface area contributed by atoms with Gasteiger partial charge in [0.15, 0.2) is 5.69 Å². The number of anilines is 1. The average molecular weight is 440 g/mol. The van der Waals surface area contributed by atoms with Gasteiger partial charge >= 0.3 is 12.1 Å². The van der Waals surface area contributed by atoms with Crippen LogP contribution in [0, 0.1) is 13.8 Å². The van der Waals surface area contributed by atoms with Crippen molar-refractivity contribution in [1.82, 2.24) is 19.7 Å². The number of rotatable bonds is 5. The zero-order valence-electron chi connectivity index (χ0n) is 16.2. The lowest BCUT2D eigenvalue weighted by Crippen LogP contribution is -2.13. The zero-order valence-corrected chi connectivity index (χ0v) is 17.0. The number of nitrogens with one attached hydrogen (secondary N) is 1. The second kappa shape index (κ2) is 8.31. The summed E-state index contributed by atoms with van der Waals surface area (Å²) in [6, 6.07) is 7.74. The van der Waals surface area contributed by atoms with Crippen LogP contribution < -0.4 is 5.32 Å². The molecular formula is C19H17ClF3N5O2. The number of aromatic nitrogens is 4.